The van der Waals surface area contributed by atoms with Gasteiger partial charge in [-0.3, -0.25) is 4.79 Å². The second-order valence-corrected chi connectivity index (χ2v) is 8.84. The first kappa shape index (κ1) is 20.7. The number of piperidine rings is 1. The summed E-state index contributed by atoms with van der Waals surface area (Å²) in [5.41, 5.74) is 4.21. The van der Waals surface area contributed by atoms with Crippen LogP contribution in [0.2, 0.25) is 0 Å². The summed E-state index contributed by atoms with van der Waals surface area (Å²) < 4.78 is 14.1. The van der Waals surface area contributed by atoms with E-state index in [4.69, 9.17) is 0 Å². The van der Waals surface area contributed by atoms with Gasteiger partial charge in [0.05, 0.1) is 0 Å². The summed E-state index contributed by atoms with van der Waals surface area (Å²) in [5, 5.41) is 6.22. The third-order valence-corrected chi connectivity index (χ3v) is 6.53. The summed E-state index contributed by atoms with van der Waals surface area (Å²) in [4.78, 5) is 17.6. The second-order valence-electron chi connectivity index (χ2n) is 8.84. The van der Waals surface area contributed by atoms with Crippen LogP contribution in [-0.2, 0) is 11.2 Å². The van der Waals surface area contributed by atoms with Crippen LogP contribution in [0, 0.1) is 12.7 Å². The Balaban J connectivity index is 1.43. The summed E-state index contributed by atoms with van der Waals surface area (Å²) in [5.74, 6) is -0.392. The van der Waals surface area contributed by atoms with Gasteiger partial charge in [-0.2, -0.15) is 0 Å². The van der Waals surface area contributed by atoms with Crippen LogP contribution < -0.4 is 15.5 Å². The van der Waals surface area contributed by atoms with Crippen molar-refractivity contribution in [2.45, 2.75) is 51.2 Å². The zero-order chi connectivity index (χ0) is 21.4. The number of anilines is 3. The standard InChI is InChI=1S/C24H31FN4O/c1-15-8-9-21(25)20-14-22(27-23(15)20)24(30)26-17-6-5-7-19(13-17)29-11-10-18(28(3)4)12-16(29)2/h5-9,13,16,18,22,27H,10-12,14H2,1-4H3,(H,26,30)/t16-,18?,22?/m0/s1. The zero-order valence-electron chi connectivity index (χ0n) is 18.2. The predicted molar refractivity (Wildman–Crippen MR) is 121 cm³/mol. The fraction of sp³-hybridized carbons (Fsp3) is 0.458. The minimum Gasteiger partial charge on any atom is -0.373 e. The molecule has 0 aliphatic carbocycles. The fourth-order valence-electron chi connectivity index (χ4n) is 4.72. The molecule has 2 heterocycles. The lowest BCUT2D eigenvalue weighted by atomic mass is 9.96. The maximum atomic E-state index is 14.1. The number of benzene rings is 2. The molecule has 0 aromatic heterocycles. The van der Waals surface area contributed by atoms with Gasteiger partial charge in [0, 0.05) is 47.7 Å². The van der Waals surface area contributed by atoms with Gasteiger partial charge in [-0.1, -0.05) is 12.1 Å². The smallest absolute Gasteiger partial charge is 0.247 e. The van der Waals surface area contributed by atoms with E-state index in [1.807, 2.05) is 25.1 Å². The summed E-state index contributed by atoms with van der Waals surface area (Å²) in [7, 11) is 4.29. The first-order valence-electron chi connectivity index (χ1n) is 10.7. The van der Waals surface area contributed by atoms with Crippen molar-refractivity contribution in [3.8, 4) is 0 Å². The molecule has 1 saturated heterocycles. The van der Waals surface area contributed by atoms with Gasteiger partial charge in [-0.25, -0.2) is 4.39 Å². The van der Waals surface area contributed by atoms with Gasteiger partial charge in [0.25, 0.3) is 0 Å². The van der Waals surface area contributed by atoms with Crippen molar-refractivity contribution in [3.05, 3.63) is 53.3 Å². The number of fused-ring (bicyclic) bond motifs is 1. The number of carbonyl (C=O) groups is 1. The molecule has 1 fully saturated rings. The molecule has 5 nitrogen and oxygen atoms in total. The molecule has 2 aliphatic rings. The fourth-order valence-corrected chi connectivity index (χ4v) is 4.72. The maximum Gasteiger partial charge on any atom is 0.247 e. The van der Waals surface area contributed by atoms with Gasteiger partial charge in [-0.05, 0) is 70.6 Å². The van der Waals surface area contributed by atoms with Gasteiger partial charge in [-0.15, -0.1) is 0 Å². The molecular formula is C24H31FN4O. The van der Waals surface area contributed by atoms with Crippen LogP contribution in [0.3, 0.4) is 0 Å². The lowest BCUT2D eigenvalue weighted by molar-refractivity contribution is -0.116. The topological polar surface area (TPSA) is 47.6 Å². The first-order chi connectivity index (χ1) is 14.3. The molecule has 4 rings (SSSR count). The molecule has 2 aliphatic heterocycles. The van der Waals surface area contributed by atoms with Crippen molar-refractivity contribution in [2.24, 2.45) is 0 Å². The lowest BCUT2D eigenvalue weighted by Gasteiger charge is -2.41. The van der Waals surface area contributed by atoms with Gasteiger partial charge in [0.15, 0.2) is 0 Å². The SMILES string of the molecule is Cc1ccc(F)c2c1NC(C(=O)Nc1cccc(N3CCC(N(C)C)C[C@@H]3C)c1)C2. The van der Waals surface area contributed by atoms with Crippen molar-refractivity contribution in [3.63, 3.8) is 0 Å². The Morgan fingerprint density at radius 3 is 2.77 bits per heavy atom. The molecule has 6 heteroatoms. The highest BCUT2D eigenvalue weighted by molar-refractivity contribution is 5.98. The van der Waals surface area contributed by atoms with Crippen LogP contribution in [0.1, 0.15) is 30.9 Å². The summed E-state index contributed by atoms with van der Waals surface area (Å²) in [6.45, 7) is 5.19. The minimum absolute atomic E-state index is 0.137. The van der Waals surface area contributed by atoms with E-state index in [9.17, 15) is 9.18 Å². The Morgan fingerprint density at radius 2 is 2.07 bits per heavy atom. The molecule has 0 spiro atoms. The normalized spacial score (nSPS) is 23.3. The number of hydrogen-bond donors (Lipinski definition) is 2. The first-order valence-corrected chi connectivity index (χ1v) is 10.7. The molecule has 2 N–H and O–H groups in total. The number of carbonyl (C=O) groups excluding carboxylic acids is 1. The molecular weight excluding hydrogens is 379 g/mol. The van der Waals surface area contributed by atoms with E-state index in [1.165, 1.54) is 6.07 Å². The lowest BCUT2D eigenvalue weighted by Crippen LogP contribution is -2.47. The van der Waals surface area contributed by atoms with Crippen LogP contribution in [0.15, 0.2) is 36.4 Å². The average molecular weight is 411 g/mol. The monoisotopic (exact) mass is 410 g/mol. The predicted octanol–water partition coefficient (Wildman–Crippen LogP) is 4.03. The largest absolute Gasteiger partial charge is 0.373 e. The van der Waals surface area contributed by atoms with E-state index < -0.39 is 6.04 Å². The van der Waals surface area contributed by atoms with Gasteiger partial charge in [0.2, 0.25) is 5.91 Å². The molecule has 0 radical (unpaired) electrons. The summed E-state index contributed by atoms with van der Waals surface area (Å²) in [6.07, 6.45) is 2.62. The van der Waals surface area contributed by atoms with E-state index in [2.05, 4.69) is 47.5 Å². The molecule has 1 amide bonds. The number of halogens is 1. The molecule has 3 atom stereocenters. The van der Waals surface area contributed by atoms with Crippen molar-refractivity contribution < 1.29 is 9.18 Å². The minimum atomic E-state index is -0.464. The highest BCUT2D eigenvalue weighted by atomic mass is 19.1. The number of hydrogen-bond acceptors (Lipinski definition) is 4. The van der Waals surface area contributed by atoms with Crippen molar-refractivity contribution in [1.29, 1.82) is 0 Å². The maximum absolute atomic E-state index is 14.1. The van der Waals surface area contributed by atoms with Crippen LogP contribution >= 0.6 is 0 Å². The summed E-state index contributed by atoms with van der Waals surface area (Å²) >= 11 is 0. The van der Waals surface area contributed by atoms with Gasteiger partial charge in [0.1, 0.15) is 11.9 Å². The molecule has 2 unspecified atom stereocenters. The van der Waals surface area contributed by atoms with Crippen LogP contribution in [0.5, 0.6) is 0 Å². The Bertz CT molecular complexity index is 914. The number of nitrogens with one attached hydrogen (secondary N) is 2. The van der Waals surface area contributed by atoms with E-state index in [-0.39, 0.29) is 11.7 Å². The highest BCUT2D eigenvalue weighted by Gasteiger charge is 2.30. The molecule has 2 aromatic carbocycles. The van der Waals surface area contributed by atoms with E-state index in [0.717, 1.165) is 42.0 Å². The number of amides is 1. The van der Waals surface area contributed by atoms with Crippen molar-refractivity contribution in [2.75, 3.05) is 36.2 Å². The van der Waals surface area contributed by atoms with Crippen molar-refractivity contribution >= 4 is 23.0 Å². The van der Waals surface area contributed by atoms with Crippen molar-refractivity contribution in [1.82, 2.24) is 4.90 Å². The van der Waals surface area contributed by atoms with E-state index in [0.29, 0.717) is 24.1 Å². The van der Waals surface area contributed by atoms with Gasteiger partial charge >= 0.3 is 0 Å². The third kappa shape index (κ3) is 4.01. The molecule has 30 heavy (non-hydrogen) atoms. The third-order valence-electron chi connectivity index (χ3n) is 6.53. The Morgan fingerprint density at radius 1 is 1.27 bits per heavy atom. The van der Waals surface area contributed by atoms with E-state index >= 15 is 0 Å². The number of rotatable bonds is 4. The highest BCUT2D eigenvalue weighted by Crippen LogP contribution is 2.32. The second kappa shape index (κ2) is 8.26. The van der Waals surface area contributed by atoms with Gasteiger partial charge < -0.3 is 20.4 Å². The quantitative estimate of drug-likeness (QED) is 0.799. The zero-order valence-corrected chi connectivity index (χ0v) is 18.2. The number of nitrogens with zero attached hydrogens (tertiary/aromatic N) is 2. The number of aryl methyl sites for hydroxylation is 1. The Kier molecular flexibility index (Phi) is 5.69. The molecule has 160 valence electrons. The average Bonchev–Trinajstić information content (AvgIpc) is 3.18. The molecule has 0 saturated carbocycles. The van der Waals surface area contributed by atoms with Crippen LogP contribution in [0.4, 0.5) is 21.5 Å². The Hall–Kier alpha value is -2.60. The van der Waals surface area contributed by atoms with Crippen LogP contribution in [0.25, 0.3) is 0 Å². The molecule has 0 bridgehead atoms. The van der Waals surface area contributed by atoms with E-state index in [1.54, 1.807) is 6.07 Å². The van der Waals surface area contributed by atoms with Crippen LogP contribution in [-0.4, -0.2) is 49.6 Å². The summed E-state index contributed by atoms with van der Waals surface area (Å²) in [6, 6.07) is 11.8. The molecule has 2 aromatic rings. The Labute approximate surface area is 178 Å².